The fraction of sp³-hybridized carbons (Fsp3) is 0.188. The third-order valence-corrected chi connectivity index (χ3v) is 2.99. The van der Waals surface area contributed by atoms with Crippen molar-refractivity contribution in [3.8, 4) is 0 Å². The van der Waals surface area contributed by atoms with Crippen LogP contribution in [0.5, 0.6) is 0 Å². The molecule has 0 bridgehead atoms. The minimum absolute atomic E-state index is 0.0548. The molecule has 0 spiro atoms. The lowest BCUT2D eigenvalue weighted by molar-refractivity contribution is 0.240. The van der Waals surface area contributed by atoms with E-state index in [4.69, 9.17) is 0 Å². The quantitative estimate of drug-likeness (QED) is 0.873. The fourth-order valence-electron chi connectivity index (χ4n) is 1.88. The van der Waals surface area contributed by atoms with Gasteiger partial charge in [-0.3, -0.25) is 0 Å². The summed E-state index contributed by atoms with van der Waals surface area (Å²) in [5.74, 6) is -1.07. The zero-order valence-corrected chi connectivity index (χ0v) is 11.4. The van der Waals surface area contributed by atoms with Crippen LogP contribution in [-0.4, -0.2) is 12.6 Å². The van der Waals surface area contributed by atoms with E-state index in [9.17, 15) is 13.6 Å². The standard InChI is InChI=1S/C16H16F2N2O/c17-14-6-7-15(18)13(10-14)11-20-16(21)19-9-8-12-4-2-1-3-5-12/h1-7,10H,8-9,11H2,(H2,19,20,21). The van der Waals surface area contributed by atoms with Crippen LogP contribution in [0.1, 0.15) is 11.1 Å². The van der Waals surface area contributed by atoms with E-state index in [1.165, 1.54) is 0 Å². The first-order valence-corrected chi connectivity index (χ1v) is 6.65. The largest absolute Gasteiger partial charge is 0.338 e. The molecule has 2 amide bonds. The molecule has 110 valence electrons. The van der Waals surface area contributed by atoms with Crippen LogP contribution in [0.3, 0.4) is 0 Å². The molecule has 0 unspecified atom stereocenters. The summed E-state index contributed by atoms with van der Waals surface area (Å²) < 4.78 is 26.3. The Kier molecular flexibility index (Phi) is 5.26. The van der Waals surface area contributed by atoms with Crippen LogP contribution < -0.4 is 10.6 Å². The Labute approximate surface area is 122 Å². The van der Waals surface area contributed by atoms with Gasteiger partial charge in [0.25, 0.3) is 0 Å². The molecule has 0 aliphatic heterocycles. The van der Waals surface area contributed by atoms with Crippen molar-refractivity contribution in [1.82, 2.24) is 10.6 Å². The third kappa shape index (κ3) is 4.87. The Balaban J connectivity index is 1.74. The average molecular weight is 290 g/mol. The highest BCUT2D eigenvalue weighted by atomic mass is 19.1. The molecule has 0 saturated heterocycles. The van der Waals surface area contributed by atoms with E-state index in [1.54, 1.807) is 0 Å². The predicted molar refractivity (Wildman–Crippen MR) is 76.7 cm³/mol. The van der Waals surface area contributed by atoms with Crippen molar-refractivity contribution in [1.29, 1.82) is 0 Å². The summed E-state index contributed by atoms with van der Waals surface area (Å²) in [6.45, 7) is 0.419. The second kappa shape index (κ2) is 7.38. The van der Waals surface area contributed by atoms with Crippen LogP contribution in [0, 0.1) is 11.6 Å². The van der Waals surface area contributed by atoms with Gasteiger partial charge in [0.1, 0.15) is 11.6 Å². The van der Waals surface area contributed by atoms with Gasteiger partial charge in [-0.05, 0) is 30.2 Å². The molecule has 0 atom stereocenters. The van der Waals surface area contributed by atoms with Crippen LogP contribution >= 0.6 is 0 Å². The van der Waals surface area contributed by atoms with Gasteiger partial charge in [0.2, 0.25) is 0 Å². The molecule has 2 N–H and O–H groups in total. The molecule has 21 heavy (non-hydrogen) atoms. The molecule has 0 heterocycles. The van der Waals surface area contributed by atoms with E-state index in [-0.39, 0.29) is 12.1 Å². The van der Waals surface area contributed by atoms with E-state index in [1.807, 2.05) is 30.3 Å². The monoisotopic (exact) mass is 290 g/mol. The normalized spacial score (nSPS) is 10.2. The van der Waals surface area contributed by atoms with Crippen LogP contribution in [-0.2, 0) is 13.0 Å². The van der Waals surface area contributed by atoms with Crippen LogP contribution in [0.15, 0.2) is 48.5 Å². The minimum Gasteiger partial charge on any atom is -0.338 e. The highest BCUT2D eigenvalue weighted by Crippen LogP contribution is 2.09. The smallest absolute Gasteiger partial charge is 0.315 e. The average Bonchev–Trinajstić information content (AvgIpc) is 2.49. The number of carbonyl (C=O) groups excluding carboxylic acids is 1. The zero-order valence-electron chi connectivity index (χ0n) is 11.4. The van der Waals surface area contributed by atoms with Crippen LogP contribution in [0.4, 0.5) is 13.6 Å². The van der Waals surface area contributed by atoms with Gasteiger partial charge in [0.15, 0.2) is 0 Å². The first-order valence-electron chi connectivity index (χ1n) is 6.65. The fourth-order valence-corrected chi connectivity index (χ4v) is 1.88. The Bertz CT molecular complexity index is 602. The first kappa shape index (κ1) is 15.0. The zero-order chi connectivity index (χ0) is 15.1. The lowest BCUT2D eigenvalue weighted by Crippen LogP contribution is -2.36. The first-order chi connectivity index (χ1) is 10.1. The number of halogens is 2. The molecule has 5 heteroatoms. The lowest BCUT2D eigenvalue weighted by atomic mass is 10.1. The van der Waals surface area contributed by atoms with Gasteiger partial charge in [-0.25, -0.2) is 13.6 Å². The summed E-state index contributed by atoms with van der Waals surface area (Å²) in [6, 6.07) is 12.5. The summed E-state index contributed by atoms with van der Waals surface area (Å²) >= 11 is 0. The summed E-state index contributed by atoms with van der Waals surface area (Å²) in [7, 11) is 0. The van der Waals surface area contributed by atoms with Gasteiger partial charge in [0, 0.05) is 18.7 Å². The lowest BCUT2D eigenvalue weighted by Gasteiger charge is -2.08. The minimum atomic E-state index is -0.541. The number of benzene rings is 2. The third-order valence-electron chi connectivity index (χ3n) is 2.99. The summed E-state index contributed by atoms with van der Waals surface area (Å²) in [6.07, 6.45) is 0.711. The molecular formula is C16H16F2N2O. The number of amides is 2. The van der Waals surface area contributed by atoms with E-state index in [0.29, 0.717) is 13.0 Å². The van der Waals surface area contributed by atoms with Crippen LogP contribution in [0.25, 0.3) is 0 Å². The summed E-state index contributed by atoms with van der Waals surface area (Å²) in [5, 5.41) is 5.17. The van der Waals surface area contributed by atoms with E-state index >= 15 is 0 Å². The Morgan fingerprint density at radius 3 is 2.52 bits per heavy atom. The number of urea groups is 1. The number of nitrogens with one attached hydrogen (secondary N) is 2. The van der Waals surface area contributed by atoms with Crippen molar-refractivity contribution >= 4 is 6.03 Å². The maximum atomic E-state index is 13.4. The predicted octanol–water partition coefficient (Wildman–Crippen LogP) is 3.01. The Morgan fingerprint density at radius 2 is 1.76 bits per heavy atom. The van der Waals surface area contributed by atoms with E-state index in [0.717, 1.165) is 23.8 Å². The van der Waals surface area contributed by atoms with Crippen molar-refractivity contribution in [3.05, 3.63) is 71.3 Å². The van der Waals surface area contributed by atoms with Gasteiger partial charge in [-0.2, -0.15) is 0 Å². The highest BCUT2D eigenvalue weighted by molar-refractivity contribution is 5.73. The summed E-state index contributed by atoms with van der Waals surface area (Å²) in [5.41, 5.74) is 1.24. The molecule has 0 aliphatic rings. The highest BCUT2D eigenvalue weighted by Gasteiger charge is 2.06. The van der Waals surface area contributed by atoms with Gasteiger partial charge in [0.05, 0.1) is 0 Å². The maximum absolute atomic E-state index is 13.4. The molecule has 2 rings (SSSR count). The maximum Gasteiger partial charge on any atom is 0.315 e. The molecule has 0 aromatic heterocycles. The number of hydrogen-bond donors (Lipinski definition) is 2. The second-order valence-corrected chi connectivity index (χ2v) is 4.58. The van der Waals surface area contributed by atoms with E-state index in [2.05, 4.69) is 10.6 Å². The van der Waals surface area contributed by atoms with Crippen molar-refractivity contribution in [2.75, 3.05) is 6.54 Å². The molecule has 0 saturated carbocycles. The van der Waals surface area contributed by atoms with Crippen molar-refractivity contribution in [2.24, 2.45) is 0 Å². The number of rotatable bonds is 5. The molecule has 2 aromatic carbocycles. The van der Waals surface area contributed by atoms with Crippen molar-refractivity contribution in [3.63, 3.8) is 0 Å². The second-order valence-electron chi connectivity index (χ2n) is 4.58. The van der Waals surface area contributed by atoms with Crippen molar-refractivity contribution < 1.29 is 13.6 Å². The number of carbonyl (C=O) groups is 1. The molecule has 2 aromatic rings. The van der Waals surface area contributed by atoms with Gasteiger partial charge >= 0.3 is 6.03 Å². The summed E-state index contributed by atoms with van der Waals surface area (Å²) in [4.78, 5) is 11.6. The molecule has 0 fully saturated rings. The Morgan fingerprint density at radius 1 is 1.00 bits per heavy atom. The van der Waals surface area contributed by atoms with Crippen molar-refractivity contribution in [2.45, 2.75) is 13.0 Å². The molecule has 3 nitrogen and oxygen atoms in total. The Hall–Kier alpha value is -2.43. The number of hydrogen-bond acceptors (Lipinski definition) is 1. The van der Waals surface area contributed by atoms with Gasteiger partial charge < -0.3 is 10.6 Å². The van der Waals surface area contributed by atoms with Crippen LogP contribution in [0.2, 0.25) is 0 Å². The van der Waals surface area contributed by atoms with E-state index < -0.39 is 17.7 Å². The molecule has 0 aliphatic carbocycles. The topological polar surface area (TPSA) is 41.1 Å². The SMILES string of the molecule is O=C(NCCc1ccccc1)NCc1cc(F)ccc1F. The molecule has 0 radical (unpaired) electrons. The molecular weight excluding hydrogens is 274 g/mol. The van der Waals surface area contributed by atoms with Gasteiger partial charge in [-0.1, -0.05) is 30.3 Å². The van der Waals surface area contributed by atoms with Gasteiger partial charge in [-0.15, -0.1) is 0 Å².